The van der Waals surface area contributed by atoms with Crippen LogP contribution in [-0.4, -0.2) is 39.4 Å². The van der Waals surface area contributed by atoms with Crippen molar-refractivity contribution in [3.63, 3.8) is 0 Å². The number of hydrogen-bond donors (Lipinski definition) is 0. The standard InChI is InChI=1S/C28H34ClF2N3O3SSi/c1-39(2,3)15-14-37-19-34-27(32-18-33-34)26(35)16-20-10-12-28(13-11-20,24-17-22(30)6-9-25(24)31)38(36)23-7-4-21(29)5-8-23/h4-9,17-18,20H,10-16,19H2,1-3H3/t20?,28?,38-/m0/s1. The first kappa shape index (κ1) is 29.7. The van der Waals surface area contributed by atoms with Gasteiger partial charge in [-0.3, -0.25) is 9.00 Å². The second kappa shape index (κ2) is 12.5. The molecule has 1 aliphatic rings. The number of ketones is 1. The lowest BCUT2D eigenvalue weighted by Gasteiger charge is -2.40. The van der Waals surface area contributed by atoms with Gasteiger partial charge in [0.2, 0.25) is 0 Å². The van der Waals surface area contributed by atoms with Crippen molar-refractivity contribution < 1.29 is 22.5 Å². The molecule has 0 unspecified atom stereocenters. The van der Waals surface area contributed by atoms with Gasteiger partial charge in [0.1, 0.15) is 24.7 Å². The number of Topliss-reactive ketones (excluding diaryl/α,β-unsaturated/α-hetero) is 1. The van der Waals surface area contributed by atoms with E-state index in [2.05, 4.69) is 29.7 Å². The summed E-state index contributed by atoms with van der Waals surface area (Å²) < 4.78 is 49.3. The van der Waals surface area contributed by atoms with Gasteiger partial charge in [-0.05, 0) is 80.1 Å². The molecule has 210 valence electrons. The van der Waals surface area contributed by atoms with E-state index < -0.39 is 35.3 Å². The molecule has 1 atom stereocenters. The fourth-order valence-electron chi connectivity index (χ4n) is 4.99. The molecule has 11 heteroatoms. The third-order valence-electron chi connectivity index (χ3n) is 7.26. The lowest BCUT2D eigenvalue weighted by molar-refractivity contribution is 0.0713. The van der Waals surface area contributed by atoms with Gasteiger partial charge in [0.15, 0.2) is 11.6 Å². The van der Waals surface area contributed by atoms with Crippen LogP contribution in [0.25, 0.3) is 0 Å². The van der Waals surface area contributed by atoms with Crippen molar-refractivity contribution in [1.29, 1.82) is 0 Å². The number of nitrogens with zero attached hydrogens (tertiary/aromatic N) is 3. The van der Waals surface area contributed by atoms with Crippen LogP contribution in [0.5, 0.6) is 0 Å². The Morgan fingerprint density at radius 2 is 1.85 bits per heavy atom. The average molecular weight is 594 g/mol. The number of carbonyl (C=O) groups is 1. The lowest BCUT2D eigenvalue weighted by atomic mass is 9.76. The fourth-order valence-corrected chi connectivity index (χ4v) is 7.67. The third-order valence-corrected chi connectivity index (χ3v) is 11.3. The summed E-state index contributed by atoms with van der Waals surface area (Å²) in [6, 6.07) is 10.9. The first-order valence-electron chi connectivity index (χ1n) is 13.1. The minimum atomic E-state index is -1.67. The zero-order valence-electron chi connectivity index (χ0n) is 22.5. The molecule has 0 amide bonds. The molecule has 0 saturated heterocycles. The predicted octanol–water partition coefficient (Wildman–Crippen LogP) is 6.99. The van der Waals surface area contributed by atoms with Crippen LogP contribution in [0.3, 0.4) is 0 Å². The second-order valence-electron chi connectivity index (χ2n) is 11.3. The van der Waals surface area contributed by atoms with Crippen molar-refractivity contribution in [3.05, 3.63) is 76.8 Å². The van der Waals surface area contributed by atoms with Crippen molar-refractivity contribution in [2.24, 2.45) is 5.92 Å². The summed E-state index contributed by atoms with van der Waals surface area (Å²) in [5.74, 6) is -1.07. The number of rotatable bonds is 11. The van der Waals surface area contributed by atoms with Crippen molar-refractivity contribution in [2.75, 3.05) is 6.61 Å². The van der Waals surface area contributed by atoms with Crippen molar-refractivity contribution >= 4 is 36.3 Å². The Morgan fingerprint density at radius 3 is 2.51 bits per heavy atom. The largest absolute Gasteiger partial charge is 0.359 e. The Hall–Kier alpha value is -2.27. The number of ether oxygens (including phenoxy) is 1. The normalized spacial score (nSPS) is 20.6. The van der Waals surface area contributed by atoms with E-state index >= 15 is 4.39 Å². The topological polar surface area (TPSA) is 74.1 Å². The average Bonchev–Trinajstić information content (AvgIpc) is 3.37. The highest BCUT2D eigenvalue weighted by Crippen LogP contribution is 2.48. The predicted molar refractivity (Wildman–Crippen MR) is 151 cm³/mol. The SMILES string of the molecule is C[Si](C)(C)CCOCn1ncnc1C(=O)CC1CCC(c2cc(F)ccc2F)([S@@](=O)c2ccc(Cl)cc2)CC1. The van der Waals surface area contributed by atoms with Gasteiger partial charge in [-0.1, -0.05) is 31.2 Å². The molecule has 3 aromatic rings. The molecular formula is C28H34ClF2N3O3SSi. The maximum Gasteiger partial charge on any atom is 0.200 e. The Kier molecular flexibility index (Phi) is 9.51. The van der Waals surface area contributed by atoms with Crippen LogP contribution >= 0.6 is 11.6 Å². The monoisotopic (exact) mass is 593 g/mol. The summed E-state index contributed by atoms with van der Waals surface area (Å²) in [6.45, 7) is 7.58. The number of halogens is 3. The van der Waals surface area contributed by atoms with E-state index in [1.807, 2.05) is 0 Å². The number of benzene rings is 2. The van der Waals surface area contributed by atoms with Gasteiger partial charge in [-0.25, -0.2) is 18.4 Å². The van der Waals surface area contributed by atoms with Crippen molar-refractivity contribution in [2.45, 2.75) is 74.2 Å². The third kappa shape index (κ3) is 7.28. The highest BCUT2D eigenvalue weighted by atomic mass is 35.5. The maximum atomic E-state index is 15.1. The van der Waals surface area contributed by atoms with Crippen LogP contribution in [0.15, 0.2) is 53.7 Å². The van der Waals surface area contributed by atoms with Crippen molar-refractivity contribution in [1.82, 2.24) is 14.8 Å². The Balaban J connectivity index is 1.47. The molecule has 1 fully saturated rings. The van der Waals surface area contributed by atoms with Gasteiger partial charge in [0.25, 0.3) is 0 Å². The molecule has 6 nitrogen and oxygen atoms in total. The summed E-state index contributed by atoms with van der Waals surface area (Å²) in [6.07, 6.45) is 3.33. The van der Waals surface area contributed by atoms with Crippen LogP contribution in [0.4, 0.5) is 8.78 Å². The second-order valence-corrected chi connectivity index (χ2v) is 19.2. The van der Waals surface area contributed by atoms with E-state index in [-0.39, 0.29) is 36.2 Å². The summed E-state index contributed by atoms with van der Waals surface area (Å²) in [5.41, 5.74) is 0.107. The van der Waals surface area contributed by atoms with Crippen LogP contribution in [0, 0.1) is 17.6 Å². The zero-order valence-corrected chi connectivity index (χ0v) is 25.0. The van der Waals surface area contributed by atoms with E-state index in [0.29, 0.717) is 42.2 Å². The van der Waals surface area contributed by atoms with E-state index in [0.717, 1.165) is 24.2 Å². The minimum Gasteiger partial charge on any atom is -0.359 e. The highest BCUT2D eigenvalue weighted by molar-refractivity contribution is 7.86. The molecule has 0 bridgehead atoms. The number of aromatic nitrogens is 3. The summed E-state index contributed by atoms with van der Waals surface area (Å²) in [5, 5.41) is 4.65. The highest BCUT2D eigenvalue weighted by Gasteiger charge is 2.45. The Labute approximate surface area is 236 Å². The van der Waals surface area contributed by atoms with Gasteiger partial charge in [0.05, 0.1) is 15.5 Å². The molecule has 4 rings (SSSR count). The molecule has 1 aromatic heterocycles. The van der Waals surface area contributed by atoms with Gasteiger partial charge in [-0.15, -0.1) is 0 Å². The number of carbonyl (C=O) groups excluding carboxylic acids is 1. The summed E-state index contributed by atoms with van der Waals surface area (Å²) in [7, 11) is -2.90. The summed E-state index contributed by atoms with van der Waals surface area (Å²) >= 11 is 6.02. The van der Waals surface area contributed by atoms with Crippen molar-refractivity contribution in [3.8, 4) is 0 Å². The quantitative estimate of drug-likeness (QED) is 0.136. The molecule has 0 N–H and O–H groups in total. The van der Waals surface area contributed by atoms with Crippen LogP contribution in [0.1, 0.15) is 48.3 Å². The smallest absolute Gasteiger partial charge is 0.200 e. The van der Waals surface area contributed by atoms with Crippen LogP contribution in [0.2, 0.25) is 30.7 Å². The number of hydrogen-bond acceptors (Lipinski definition) is 5. The lowest BCUT2D eigenvalue weighted by Crippen LogP contribution is -2.37. The zero-order chi connectivity index (χ0) is 28.2. The molecule has 39 heavy (non-hydrogen) atoms. The van der Waals surface area contributed by atoms with E-state index in [9.17, 15) is 13.4 Å². The summed E-state index contributed by atoms with van der Waals surface area (Å²) in [4.78, 5) is 17.8. The van der Waals surface area contributed by atoms with E-state index in [4.69, 9.17) is 16.3 Å². The fraction of sp³-hybridized carbons (Fsp3) is 0.464. The molecule has 1 saturated carbocycles. The molecule has 2 aromatic carbocycles. The first-order valence-corrected chi connectivity index (χ1v) is 18.3. The molecular weight excluding hydrogens is 560 g/mol. The van der Waals surface area contributed by atoms with Gasteiger partial charge >= 0.3 is 0 Å². The Morgan fingerprint density at radius 1 is 1.15 bits per heavy atom. The van der Waals surface area contributed by atoms with Gasteiger partial charge in [-0.2, -0.15) is 5.10 Å². The van der Waals surface area contributed by atoms with Gasteiger partial charge in [0, 0.05) is 36.6 Å². The Bertz CT molecular complexity index is 1320. The molecule has 0 aliphatic heterocycles. The van der Waals surface area contributed by atoms with E-state index in [1.165, 1.54) is 11.0 Å². The molecule has 1 heterocycles. The van der Waals surface area contributed by atoms with Crippen LogP contribution < -0.4 is 0 Å². The molecule has 0 spiro atoms. The first-order chi connectivity index (χ1) is 18.5. The maximum absolute atomic E-state index is 15.1. The molecule has 1 aliphatic carbocycles. The van der Waals surface area contributed by atoms with E-state index in [1.54, 1.807) is 24.3 Å². The van der Waals surface area contributed by atoms with Gasteiger partial charge < -0.3 is 4.74 Å². The minimum absolute atomic E-state index is 0.0116. The van der Waals surface area contributed by atoms with Crippen LogP contribution in [-0.2, 0) is 27.0 Å². The molecule has 0 radical (unpaired) electrons.